The molecule has 2 heteroatoms. The molecule has 0 fully saturated rings. The van der Waals surface area contributed by atoms with Gasteiger partial charge in [0.05, 0.1) is 6.61 Å². The van der Waals surface area contributed by atoms with Crippen LogP contribution in [-0.4, -0.2) is 17.8 Å². The molecule has 0 saturated heterocycles. The molecule has 2 rings (SSSR count). The van der Waals surface area contributed by atoms with Crippen LogP contribution in [0.3, 0.4) is 0 Å². The summed E-state index contributed by atoms with van der Waals surface area (Å²) in [7, 11) is 0. The Morgan fingerprint density at radius 1 is 1.00 bits per heavy atom. The van der Waals surface area contributed by atoms with Crippen molar-refractivity contribution in [2.24, 2.45) is 0 Å². The zero-order valence-corrected chi connectivity index (χ0v) is 12.2. The number of aliphatic hydroxyl groups excluding tert-OH is 1. The minimum atomic E-state index is 0.0880. The first-order valence-corrected chi connectivity index (χ1v) is 7.16. The third-order valence-electron chi connectivity index (χ3n) is 3.52. The lowest BCUT2D eigenvalue weighted by Gasteiger charge is -2.23. The fourth-order valence-electron chi connectivity index (χ4n) is 2.32. The van der Waals surface area contributed by atoms with Gasteiger partial charge in [0, 0.05) is 12.1 Å². The molecular weight excluding hydrogens is 246 g/mol. The zero-order valence-electron chi connectivity index (χ0n) is 12.2. The number of rotatable bonds is 6. The standard InChI is InChI=1S/C18H23NO/c1-14-8-10-17(11-9-14)18(19-15(2)13-20)12-16-6-4-3-5-7-16/h3-11,15,18-20H,12-13H2,1-2H3. The number of aryl methyl sites for hydroxylation is 1. The third-order valence-corrected chi connectivity index (χ3v) is 3.52. The van der Waals surface area contributed by atoms with Gasteiger partial charge in [-0.25, -0.2) is 0 Å². The summed E-state index contributed by atoms with van der Waals surface area (Å²) in [4.78, 5) is 0. The van der Waals surface area contributed by atoms with Crippen molar-refractivity contribution in [1.82, 2.24) is 5.32 Å². The normalized spacial score (nSPS) is 13.9. The van der Waals surface area contributed by atoms with Gasteiger partial charge in [-0.3, -0.25) is 0 Å². The van der Waals surface area contributed by atoms with Gasteiger partial charge in [-0.2, -0.15) is 0 Å². The van der Waals surface area contributed by atoms with Gasteiger partial charge in [-0.15, -0.1) is 0 Å². The average molecular weight is 269 g/mol. The molecule has 0 saturated carbocycles. The monoisotopic (exact) mass is 269 g/mol. The number of benzene rings is 2. The molecule has 2 nitrogen and oxygen atoms in total. The molecule has 0 spiro atoms. The van der Waals surface area contributed by atoms with Crippen LogP contribution in [0.2, 0.25) is 0 Å². The maximum absolute atomic E-state index is 9.28. The molecule has 0 aliphatic heterocycles. The summed E-state index contributed by atoms with van der Waals surface area (Å²) in [6.07, 6.45) is 0.925. The molecule has 2 aromatic carbocycles. The molecular formula is C18H23NO. The van der Waals surface area contributed by atoms with Crippen LogP contribution < -0.4 is 5.32 Å². The second-order valence-electron chi connectivity index (χ2n) is 5.40. The summed E-state index contributed by atoms with van der Waals surface area (Å²) in [5.41, 5.74) is 3.83. The van der Waals surface area contributed by atoms with Crippen LogP contribution >= 0.6 is 0 Å². The Bertz CT molecular complexity index is 507. The molecule has 0 aliphatic carbocycles. The molecule has 2 atom stereocenters. The van der Waals surface area contributed by atoms with Crippen molar-refractivity contribution in [3.8, 4) is 0 Å². The minimum Gasteiger partial charge on any atom is -0.395 e. The molecule has 0 aromatic heterocycles. The van der Waals surface area contributed by atoms with E-state index in [4.69, 9.17) is 0 Å². The fraction of sp³-hybridized carbons (Fsp3) is 0.333. The van der Waals surface area contributed by atoms with Crippen molar-refractivity contribution in [2.75, 3.05) is 6.61 Å². The molecule has 0 amide bonds. The van der Waals surface area contributed by atoms with Crippen LogP contribution in [0.4, 0.5) is 0 Å². The van der Waals surface area contributed by atoms with E-state index in [1.54, 1.807) is 0 Å². The van der Waals surface area contributed by atoms with Gasteiger partial charge < -0.3 is 10.4 Å². The van der Waals surface area contributed by atoms with Crippen LogP contribution in [0, 0.1) is 6.92 Å². The lowest BCUT2D eigenvalue weighted by molar-refractivity contribution is 0.240. The Hall–Kier alpha value is -1.64. The molecule has 2 unspecified atom stereocenters. The minimum absolute atomic E-state index is 0.0880. The summed E-state index contributed by atoms with van der Waals surface area (Å²) in [6, 6.07) is 19.4. The van der Waals surface area contributed by atoms with E-state index in [-0.39, 0.29) is 18.7 Å². The van der Waals surface area contributed by atoms with E-state index >= 15 is 0 Å². The topological polar surface area (TPSA) is 32.3 Å². The second-order valence-corrected chi connectivity index (χ2v) is 5.40. The summed E-state index contributed by atoms with van der Waals surface area (Å²) in [6.45, 7) is 4.25. The number of hydrogen-bond donors (Lipinski definition) is 2. The largest absolute Gasteiger partial charge is 0.395 e. The summed E-state index contributed by atoms with van der Waals surface area (Å²) in [5, 5.41) is 12.8. The van der Waals surface area contributed by atoms with E-state index in [0.29, 0.717) is 0 Å². The zero-order chi connectivity index (χ0) is 14.4. The molecule has 0 aliphatic rings. The predicted octanol–water partition coefficient (Wildman–Crippen LogP) is 3.25. The van der Waals surface area contributed by atoms with E-state index in [1.165, 1.54) is 16.7 Å². The highest BCUT2D eigenvalue weighted by Crippen LogP contribution is 2.19. The molecule has 106 valence electrons. The molecule has 2 N–H and O–H groups in total. The Labute approximate surface area is 121 Å². The predicted molar refractivity (Wildman–Crippen MR) is 83.7 cm³/mol. The summed E-state index contributed by atoms with van der Waals surface area (Å²) < 4.78 is 0. The van der Waals surface area contributed by atoms with E-state index < -0.39 is 0 Å². The highest BCUT2D eigenvalue weighted by atomic mass is 16.3. The van der Waals surface area contributed by atoms with Gasteiger partial charge in [-0.05, 0) is 31.4 Å². The maximum atomic E-state index is 9.28. The highest BCUT2D eigenvalue weighted by Gasteiger charge is 2.14. The number of hydrogen-bond acceptors (Lipinski definition) is 2. The first kappa shape index (κ1) is 14.8. The van der Waals surface area contributed by atoms with Crippen molar-refractivity contribution in [1.29, 1.82) is 0 Å². The highest BCUT2D eigenvalue weighted by molar-refractivity contribution is 5.27. The van der Waals surface area contributed by atoms with Crippen LogP contribution in [0.25, 0.3) is 0 Å². The lowest BCUT2D eigenvalue weighted by Crippen LogP contribution is -2.34. The van der Waals surface area contributed by atoms with Crippen LogP contribution in [0.15, 0.2) is 54.6 Å². The van der Waals surface area contributed by atoms with E-state index in [2.05, 4.69) is 60.8 Å². The van der Waals surface area contributed by atoms with Gasteiger partial charge in [0.1, 0.15) is 0 Å². The van der Waals surface area contributed by atoms with Crippen LogP contribution in [0.1, 0.15) is 29.7 Å². The Kier molecular flexibility index (Phi) is 5.33. The smallest absolute Gasteiger partial charge is 0.0582 e. The molecule has 0 radical (unpaired) electrons. The van der Waals surface area contributed by atoms with Gasteiger partial charge in [0.2, 0.25) is 0 Å². The average Bonchev–Trinajstić information content (AvgIpc) is 2.48. The number of aliphatic hydroxyl groups is 1. The third kappa shape index (κ3) is 4.19. The SMILES string of the molecule is Cc1ccc(C(Cc2ccccc2)NC(C)CO)cc1. The maximum Gasteiger partial charge on any atom is 0.0582 e. The molecule has 20 heavy (non-hydrogen) atoms. The Morgan fingerprint density at radius 3 is 2.25 bits per heavy atom. The quantitative estimate of drug-likeness (QED) is 0.843. The van der Waals surface area contributed by atoms with Crippen LogP contribution in [0.5, 0.6) is 0 Å². The second kappa shape index (κ2) is 7.22. The van der Waals surface area contributed by atoms with Crippen molar-refractivity contribution in [3.05, 3.63) is 71.3 Å². The molecule has 0 heterocycles. The molecule has 2 aromatic rings. The first-order valence-electron chi connectivity index (χ1n) is 7.16. The number of nitrogens with one attached hydrogen (secondary N) is 1. The van der Waals surface area contributed by atoms with Gasteiger partial charge in [-0.1, -0.05) is 60.2 Å². The van der Waals surface area contributed by atoms with Crippen molar-refractivity contribution < 1.29 is 5.11 Å². The summed E-state index contributed by atoms with van der Waals surface area (Å²) in [5.74, 6) is 0. The Balaban J connectivity index is 2.18. The van der Waals surface area contributed by atoms with Gasteiger partial charge in [0.25, 0.3) is 0 Å². The van der Waals surface area contributed by atoms with E-state index in [0.717, 1.165) is 6.42 Å². The van der Waals surface area contributed by atoms with Gasteiger partial charge in [0.15, 0.2) is 0 Å². The van der Waals surface area contributed by atoms with Crippen molar-refractivity contribution >= 4 is 0 Å². The van der Waals surface area contributed by atoms with E-state index in [1.807, 2.05) is 13.0 Å². The van der Waals surface area contributed by atoms with Gasteiger partial charge >= 0.3 is 0 Å². The van der Waals surface area contributed by atoms with Crippen molar-refractivity contribution in [2.45, 2.75) is 32.4 Å². The van der Waals surface area contributed by atoms with Crippen LogP contribution in [-0.2, 0) is 6.42 Å². The first-order chi connectivity index (χ1) is 9.69. The summed E-state index contributed by atoms with van der Waals surface area (Å²) >= 11 is 0. The van der Waals surface area contributed by atoms with E-state index in [9.17, 15) is 5.11 Å². The lowest BCUT2D eigenvalue weighted by atomic mass is 9.97. The van der Waals surface area contributed by atoms with Crippen molar-refractivity contribution in [3.63, 3.8) is 0 Å². The Morgan fingerprint density at radius 2 is 1.65 bits per heavy atom. The molecule has 0 bridgehead atoms. The fourth-order valence-corrected chi connectivity index (χ4v) is 2.32.